The highest BCUT2D eigenvalue weighted by molar-refractivity contribution is 5.79. The highest BCUT2D eigenvalue weighted by atomic mass is 19.1. The maximum absolute atomic E-state index is 14.3. The van der Waals surface area contributed by atoms with Crippen LogP contribution in [0.4, 0.5) is 4.39 Å². The number of imidazole rings is 1. The molecule has 0 radical (unpaired) electrons. The summed E-state index contributed by atoms with van der Waals surface area (Å²) in [6.45, 7) is 0. The summed E-state index contributed by atoms with van der Waals surface area (Å²) in [6.07, 6.45) is 5.95. The van der Waals surface area contributed by atoms with Gasteiger partial charge in [-0.15, -0.1) is 0 Å². The van der Waals surface area contributed by atoms with E-state index >= 15 is 0 Å². The first-order chi connectivity index (χ1) is 9.70. The van der Waals surface area contributed by atoms with Gasteiger partial charge in [0.1, 0.15) is 11.6 Å². The molecule has 1 aliphatic rings. The summed E-state index contributed by atoms with van der Waals surface area (Å²) in [4.78, 5) is 4.39. The van der Waals surface area contributed by atoms with Crippen LogP contribution in [0, 0.1) is 5.82 Å². The number of halogens is 1. The Hall–Kier alpha value is -1.78. The lowest BCUT2D eigenvalue weighted by molar-refractivity contribution is 0.138. The molecule has 0 atom stereocenters. The Morgan fingerprint density at radius 1 is 1.25 bits per heavy atom. The molecular formula is C15H19FN2O2. The zero-order valence-electron chi connectivity index (χ0n) is 11.9. The summed E-state index contributed by atoms with van der Waals surface area (Å²) < 4.78 is 26.9. The summed E-state index contributed by atoms with van der Waals surface area (Å²) in [5.74, 6) is -0.164. The largest absolute Gasteiger partial charge is 0.494 e. The highest BCUT2D eigenvalue weighted by Gasteiger charge is 2.20. The fraction of sp³-hybridized carbons (Fsp3) is 0.533. The predicted octanol–water partition coefficient (Wildman–Crippen LogP) is 3.43. The molecule has 1 saturated carbocycles. The van der Waals surface area contributed by atoms with Crippen molar-refractivity contribution in [1.82, 2.24) is 9.55 Å². The molecule has 1 fully saturated rings. The molecule has 0 saturated heterocycles. The van der Waals surface area contributed by atoms with E-state index in [9.17, 15) is 4.39 Å². The van der Waals surface area contributed by atoms with Crippen molar-refractivity contribution in [2.24, 2.45) is 7.05 Å². The summed E-state index contributed by atoms with van der Waals surface area (Å²) >= 11 is 0. The number of aryl methyl sites for hydroxylation is 1. The minimum Gasteiger partial charge on any atom is -0.494 e. The van der Waals surface area contributed by atoms with Crippen LogP contribution in [0.3, 0.4) is 0 Å². The summed E-state index contributed by atoms with van der Waals surface area (Å²) in [5, 5.41) is 0. The summed E-state index contributed by atoms with van der Waals surface area (Å²) in [6, 6.07) is 3.83. The van der Waals surface area contributed by atoms with Crippen molar-refractivity contribution in [3.63, 3.8) is 0 Å². The third-order valence-electron chi connectivity index (χ3n) is 3.94. The van der Waals surface area contributed by atoms with Gasteiger partial charge >= 0.3 is 0 Å². The molecule has 2 aromatic rings. The monoisotopic (exact) mass is 278 g/mol. The predicted molar refractivity (Wildman–Crippen MR) is 74.7 cm³/mol. The van der Waals surface area contributed by atoms with Crippen LogP contribution in [0.2, 0.25) is 0 Å². The van der Waals surface area contributed by atoms with Gasteiger partial charge in [0.2, 0.25) is 0 Å². The molecule has 0 aliphatic heterocycles. The van der Waals surface area contributed by atoms with Crippen LogP contribution in [0.1, 0.15) is 32.1 Å². The molecule has 1 heterocycles. The quantitative estimate of drug-likeness (QED) is 0.863. The van der Waals surface area contributed by atoms with Crippen molar-refractivity contribution >= 4 is 11.0 Å². The number of fused-ring (bicyclic) bond motifs is 1. The van der Waals surface area contributed by atoms with Gasteiger partial charge in [-0.2, -0.15) is 4.98 Å². The smallest absolute Gasteiger partial charge is 0.297 e. The molecule has 0 N–H and O–H groups in total. The lowest BCUT2D eigenvalue weighted by Gasteiger charge is -2.22. The number of hydrogen-bond acceptors (Lipinski definition) is 3. The molecule has 20 heavy (non-hydrogen) atoms. The van der Waals surface area contributed by atoms with Crippen molar-refractivity contribution in [1.29, 1.82) is 0 Å². The molecule has 0 unspecified atom stereocenters. The van der Waals surface area contributed by atoms with E-state index in [4.69, 9.17) is 9.47 Å². The Morgan fingerprint density at radius 2 is 2.00 bits per heavy atom. The van der Waals surface area contributed by atoms with Gasteiger partial charge in [0.25, 0.3) is 6.01 Å². The Balaban J connectivity index is 1.96. The molecular weight excluding hydrogens is 259 g/mol. The standard InChI is InChI=1S/C15H19FN2O2/c1-18-14-11(8-9-12(19-2)13(14)16)17-15(18)20-10-6-4-3-5-7-10/h8-10H,3-7H2,1-2H3. The lowest BCUT2D eigenvalue weighted by atomic mass is 9.98. The fourth-order valence-corrected chi connectivity index (χ4v) is 2.81. The second-order valence-electron chi connectivity index (χ2n) is 5.28. The van der Waals surface area contributed by atoms with E-state index in [2.05, 4.69) is 4.98 Å². The van der Waals surface area contributed by atoms with Crippen LogP contribution in [-0.2, 0) is 7.05 Å². The van der Waals surface area contributed by atoms with E-state index in [1.54, 1.807) is 23.7 Å². The minimum atomic E-state index is -0.390. The van der Waals surface area contributed by atoms with Crippen molar-refractivity contribution in [2.75, 3.05) is 7.11 Å². The number of methoxy groups -OCH3 is 1. The number of hydrogen-bond donors (Lipinski definition) is 0. The normalized spacial score (nSPS) is 16.6. The molecule has 1 aromatic heterocycles. The first-order valence-electron chi connectivity index (χ1n) is 7.06. The second kappa shape index (κ2) is 5.31. The van der Waals surface area contributed by atoms with E-state index in [1.165, 1.54) is 26.4 Å². The van der Waals surface area contributed by atoms with E-state index in [0.717, 1.165) is 12.8 Å². The maximum Gasteiger partial charge on any atom is 0.297 e. The minimum absolute atomic E-state index is 0.198. The average molecular weight is 278 g/mol. The van der Waals surface area contributed by atoms with Gasteiger partial charge in [-0.05, 0) is 37.8 Å². The van der Waals surface area contributed by atoms with Gasteiger partial charge in [0.15, 0.2) is 11.6 Å². The lowest BCUT2D eigenvalue weighted by Crippen LogP contribution is -2.21. The van der Waals surface area contributed by atoms with Crippen molar-refractivity contribution in [3.8, 4) is 11.8 Å². The molecule has 5 heteroatoms. The van der Waals surface area contributed by atoms with E-state index in [-0.39, 0.29) is 11.9 Å². The Labute approximate surface area is 117 Å². The van der Waals surface area contributed by atoms with Crippen molar-refractivity contribution < 1.29 is 13.9 Å². The molecule has 0 spiro atoms. The van der Waals surface area contributed by atoms with Crippen LogP contribution in [0.5, 0.6) is 11.8 Å². The Morgan fingerprint density at radius 3 is 2.70 bits per heavy atom. The van der Waals surface area contributed by atoms with Crippen LogP contribution >= 0.6 is 0 Å². The second-order valence-corrected chi connectivity index (χ2v) is 5.28. The van der Waals surface area contributed by atoms with Gasteiger partial charge in [0, 0.05) is 7.05 Å². The van der Waals surface area contributed by atoms with E-state index in [1.807, 2.05) is 0 Å². The van der Waals surface area contributed by atoms with E-state index in [0.29, 0.717) is 17.0 Å². The van der Waals surface area contributed by atoms with Crippen LogP contribution in [-0.4, -0.2) is 22.8 Å². The fourth-order valence-electron chi connectivity index (χ4n) is 2.81. The van der Waals surface area contributed by atoms with Crippen LogP contribution in [0.25, 0.3) is 11.0 Å². The Kier molecular flexibility index (Phi) is 3.51. The third-order valence-corrected chi connectivity index (χ3v) is 3.94. The zero-order chi connectivity index (χ0) is 14.1. The molecule has 4 nitrogen and oxygen atoms in total. The topological polar surface area (TPSA) is 36.3 Å². The number of nitrogens with zero attached hydrogens (tertiary/aromatic N) is 2. The molecule has 108 valence electrons. The number of rotatable bonds is 3. The number of benzene rings is 1. The van der Waals surface area contributed by atoms with Gasteiger partial charge < -0.3 is 9.47 Å². The summed E-state index contributed by atoms with van der Waals surface area (Å²) in [7, 11) is 3.23. The first kappa shape index (κ1) is 13.2. The third kappa shape index (κ3) is 2.21. The van der Waals surface area contributed by atoms with Gasteiger partial charge in [-0.1, -0.05) is 6.42 Å². The molecule has 1 aromatic carbocycles. The SMILES string of the molecule is COc1ccc2nc(OC3CCCCC3)n(C)c2c1F. The van der Waals surface area contributed by atoms with Gasteiger partial charge in [-0.3, -0.25) is 4.57 Å². The van der Waals surface area contributed by atoms with Crippen molar-refractivity contribution in [3.05, 3.63) is 17.9 Å². The zero-order valence-corrected chi connectivity index (χ0v) is 11.9. The number of ether oxygens (including phenoxy) is 2. The van der Waals surface area contributed by atoms with Gasteiger partial charge in [0.05, 0.1) is 12.6 Å². The first-order valence-corrected chi connectivity index (χ1v) is 7.06. The summed E-state index contributed by atoms with van der Waals surface area (Å²) in [5.41, 5.74) is 1.02. The number of aromatic nitrogens is 2. The molecule has 1 aliphatic carbocycles. The molecule has 0 amide bonds. The maximum atomic E-state index is 14.3. The Bertz CT molecular complexity index is 618. The van der Waals surface area contributed by atoms with E-state index < -0.39 is 5.82 Å². The molecule has 0 bridgehead atoms. The molecule has 3 rings (SSSR count). The van der Waals surface area contributed by atoms with Crippen molar-refractivity contribution in [2.45, 2.75) is 38.2 Å². The van der Waals surface area contributed by atoms with Crippen LogP contribution < -0.4 is 9.47 Å². The van der Waals surface area contributed by atoms with Crippen LogP contribution in [0.15, 0.2) is 12.1 Å². The average Bonchev–Trinajstić information content (AvgIpc) is 2.78. The highest BCUT2D eigenvalue weighted by Crippen LogP contribution is 2.30. The van der Waals surface area contributed by atoms with Gasteiger partial charge in [-0.25, -0.2) is 4.39 Å².